The van der Waals surface area contributed by atoms with Crippen LogP contribution < -0.4 is 10.5 Å². The highest BCUT2D eigenvalue weighted by molar-refractivity contribution is 9.10. The smallest absolute Gasteiger partial charge is 0.263 e. The molecule has 6 nitrogen and oxygen atoms in total. The number of nitrogens with zero attached hydrogens (tertiary/aromatic N) is 2. The molecule has 0 radical (unpaired) electrons. The molecular weight excluding hydrogens is 364 g/mol. The highest BCUT2D eigenvalue weighted by Gasteiger charge is 2.21. The van der Waals surface area contributed by atoms with Crippen LogP contribution in [0, 0.1) is 0 Å². The predicted octanol–water partition coefficient (Wildman–Crippen LogP) is 2.34. The lowest BCUT2D eigenvalue weighted by Crippen LogP contribution is -2.13. The van der Waals surface area contributed by atoms with Gasteiger partial charge in [-0.2, -0.15) is 0 Å². The molecule has 0 aliphatic rings. The first kappa shape index (κ1) is 13.5. The fourth-order valence-corrected chi connectivity index (χ4v) is 4.16. The van der Waals surface area contributed by atoms with E-state index in [1.165, 1.54) is 18.3 Å². The maximum Gasteiger partial charge on any atom is 0.263 e. The molecule has 0 saturated heterocycles. The van der Waals surface area contributed by atoms with Gasteiger partial charge in [-0.15, -0.1) is 5.10 Å². The maximum atomic E-state index is 12.1. The van der Waals surface area contributed by atoms with Crippen LogP contribution in [-0.4, -0.2) is 18.0 Å². The second-order valence-corrected chi connectivity index (χ2v) is 6.86. The van der Waals surface area contributed by atoms with Crippen molar-refractivity contribution in [2.75, 3.05) is 10.5 Å². The van der Waals surface area contributed by atoms with Crippen molar-refractivity contribution in [1.29, 1.82) is 0 Å². The standard InChI is InChI=1S/C8H6BrClN4O2S2/c9-8-5(11)1-4(10)2-6(8)18(15,16)13-7-3-12-14-17-7/h1-3,13H,11H2. The van der Waals surface area contributed by atoms with Crippen molar-refractivity contribution in [3.8, 4) is 0 Å². The quantitative estimate of drug-likeness (QED) is 0.809. The second-order valence-electron chi connectivity index (χ2n) is 3.19. The molecule has 0 fully saturated rings. The van der Waals surface area contributed by atoms with Crippen LogP contribution in [0.1, 0.15) is 0 Å². The number of sulfonamides is 1. The molecule has 0 saturated carbocycles. The summed E-state index contributed by atoms with van der Waals surface area (Å²) in [6, 6.07) is 2.76. The number of nitrogens with one attached hydrogen (secondary N) is 1. The Morgan fingerprint density at radius 2 is 2.17 bits per heavy atom. The number of halogens is 2. The molecule has 1 aromatic heterocycles. The van der Waals surface area contributed by atoms with E-state index in [4.69, 9.17) is 17.3 Å². The molecule has 0 unspecified atom stereocenters. The van der Waals surface area contributed by atoms with Crippen molar-refractivity contribution in [3.63, 3.8) is 0 Å². The van der Waals surface area contributed by atoms with Gasteiger partial charge in [0, 0.05) is 22.2 Å². The van der Waals surface area contributed by atoms with Crippen molar-refractivity contribution in [2.45, 2.75) is 4.90 Å². The summed E-state index contributed by atoms with van der Waals surface area (Å²) in [5, 5.41) is 4.08. The summed E-state index contributed by atoms with van der Waals surface area (Å²) in [5.74, 6) is 0. The first-order valence-electron chi connectivity index (χ1n) is 4.45. The van der Waals surface area contributed by atoms with Gasteiger partial charge in [0.25, 0.3) is 10.0 Å². The summed E-state index contributed by atoms with van der Waals surface area (Å²) in [5.41, 5.74) is 5.89. The zero-order chi connectivity index (χ0) is 13.3. The normalized spacial score (nSPS) is 11.4. The molecule has 2 rings (SSSR count). The van der Waals surface area contributed by atoms with Crippen molar-refractivity contribution in [3.05, 3.63) is 27.8 Å². The number of benzene rings is 1. The average molecular weight is 370 g/mol. The summed E-state index contributed by atoms with van der Waals surface area (Å²) in [4.78, 5) is -0.0408. The van der Waals surface area contributed by atoms with Crippen molar-refractivity contribution in [2.24, 2.45) is 0 Å². The minimum atomic E-state index is -3.79. The lowest BCUT2D eigenvalue weighted by Gasteiger charge is -2.09. The van der Waals surface area contributed by atoms with Gasteiger partial charge in [-0.1, -0.05) is 16.1 Å². The molecule has 0 spiro atoms. The van der Waals surface area contributed by atoms with Gasteiger partial charge < -0.3 is 5.73 Å². The van der Waals surface area contributed by atoms with Crippen molar-refractivity contribution >= 4 is 59.8 Å². The van der Waals surface area contributed by atoms with E-state index >= 15 is 0 Å². The zero-order valence-corrected chi connectivity index (χ0v) is 12.6. The summed E-state index contributed by atoms with van der Waals surface area (Å²) in [6.45, 7) is 0. The fraction of sp³-hybridized carbons (Fsp3) is 0. The monoisotopic (exact) mass is 368 g/mol. The van der Waals surface area contributed by atoms with E-state index in [2.05, 4.69) is 30.2 Å². The number of hydrogen-bond acceptors (Lipinski definition) is 6. The lowest BCUT2D eigenvalue weighted by atomic mass is 10.3. The Morgan fingerprint density at radius 3 is 2.78 bits per heavy atom. The van der Waals surface area contributed by atoms with Crippen LogP contribution in [0.2, 0.25) is 5.02 Å². The minimum Gasteiger partial charge on any atom is -0.398 e. The Kier molecular flexibility index (Phi) is 3.76. The van der Waals surface area contributed by atoms with E-state index in [0.29, 0.717) is 5.00 Å². The first-order chi connectivity index (χ1) is 8.40. The Balaban J connectivity index is 2.48. The average Bonchev–Trinajstić information content (AvgIpc) is 2.75. The second kappa shape index (κ2) is 5.00. The molecule has 0 atom stereocenters. The van der Waals surface area contributed by atoms with E-state index in [0.717, 1.165) is 11.5 Å². The van der Waals surface area contributed by atoms with Crippen LogP contribution in [0.4, 0.5) is 10.7 Å². The molecule has 18 heavy (non-hydrogen) atoms. The number of anilines is 2. The van der Waals surface area contributed by atoms with Gasteiger partial charge >= 0.3 is 0 Å². The van der Waals surface area contributed by atoms with E-state index in [1.807, 2.05) is 0 Å². The third-order valence-corrected chi connectivity index (χ3v) is 5.38. The third-order valence-electron chi connectivity index (χ3n) is 1.92. The number of aromatic nitrogens is 2. The summed E-state index contributed by atoms with van der Waals surface area (Å²) >= 11 is 9.85. The molecule has 0 aliphatic carbocycles. The van der Waals surface area contributed by atoms with E-state index in [9.17, 15) is 8.42 Å². The summed E-state index contributed by atoms with van der Waals surface area (Å²) in [7, 11) is -3.79. The van der Waals surface area contributed by atoms with Gasteiger partial charge in [0.1, 0.15) is 9.90 Å². The SMILES string of the molecule is Nc1cc(Cl)cc(S(=O)(=O)Nc2cnns2)c1Br. The molecular formula is C8H6BrClN4O2S2. The van der Waals surface area contributed by atoms with Crippen LogP contribution in [0.5, 0.6) is 0 Å². The van der Waals surface area contributed by atoms with E-state index in [-0.39, 0.29) is 20.1 Å². The first-order valence-corrected chi connectivity index (χ1v) is 7.87. The number of hydrogen-bond donors (Lipinski definition) is 2. The van der Waals surface area contributed by atoms with Gasteiger partial charge in [-0.25, -0.2) is 8.42 Å². The van der Waals surface area contributed by atoms with Crippen LogP contribution in [0.3, 0.4) is 0 Å². The maximum absolute atomic E-state index is 12.1. The molecule has 2 aromatic rings. The van der Waals surface area contributed by atoms with Gasteiger partial charge in [-0.3, -0.25) is 4.72 Å². The predicted molar refractivity (Wildman–Crippen MR) is 74.3 cm³/mol. The summed E-state index contributed by atoms with van der Waals surface area (Å²) in [6.07, 6.45) is 1.31. The number of nitrogen functional groups attached to an aromatic ring is 1. The lowest BCUT2D eigenvalue weighted by molar-refractivity contribution is 0.601. The van der Waals surface area contributed by atoms with E-state index in [1.54, 1.807) is 0 Å². The third kappa shape index (κ3) is 2.74. The van der Waals surface area contributed by atoms with Crippen molar-refractivity contribution in [1.82, 2.24) is 9.59 Å². The molecule has 96 valence electrons. The minimum absolute atomic E-state index is 0.0408. The Labute approximate surface area is 120 Å². The highest BCUT2D eigenvalue weighted by Crippen LogP contribution is 2.32. The Hall–Kier alpha value is -0.900. The van der Waals surface area contributed by atoms with Gasteiger partial charge in [0.2, 0.25) is 0 Å². The van der Waals surface area contributed by atoms with E-state index < -0.39 is 10.0 Å². The molecule has 1 heterocycles. The van der Waals surface area contributed by atoms with Gasteiger partial charge in [-0.05, 0) is 28.1 Å². The van der Waals surface area contributed by atoms with Gasteiger partial charge in [0.05, 0.1) is 10.7 Å². The van der Waals surface area contributed by atoms with Crippen LogP contribution in [0.25, 0.3) is 0 Å². The van der Waals surface area contributed by atoms with Crippen LogP contribution in [-0.2, 0) is 10.0 Å². The highest BCUT2D eigenvalue weighted by atomic mass is 79.9. The largest absolute Gasteiger partial charge is 0.398 e. The van der Waals surface area contributed by atoms with Crippen LogP contribution >= 0.6 is 39.1 Å². The Bertz CT molecular complexity index is 675. The number of rotatable bonds is 3. The number of nitrogens with two attached hydrogens (primary N) is 1. The molecule has 0 bridgehead atoms. The van der Waals surface area contributed by atoms with Gasteiger partial charge in [0.15, 0.2) is 0 Å². The molecule has 0 amide bonds. The molecule has 10 heteroatoms. The zero-order valence-electron chi connectivity index (χ0n) is 8.59. The molecule has 3 N–H and O–H groups in total. The topological polar surface area (TPSA) is 98.0 Å². The fourth-order valence-electron chi connectivity index (χ4n) is 1.18. The van der Waals surface area contributed by atoms with Crippen LogP contribution in [0.15, 0.2) is 27.7 Å². The Morgan fingerprint density at radius 1 is 1.44 bits per heavy atom. The molecule has 0 aliphatic heterocycles. The summed E-state index contributed by atoms with van der Waals surface area (Å²) < 4.78 is 30.4. The van der Waals surface area contributed by atoms with Crippen molar-refractivity contribution < 1.29 is 8.42 Å². The molecule has 1 aromatic carbocycles.